The predicted octanol–water partition coefficient (Wildman–Crippen LogP) is 2.26. The first kappa shape index (κ1) is 11.3. The van der Waals surface area contributed by atoms with Crippen molar-refractivity contribution in [1.29, 1.82) is 0 Å². The molecule has 2 aromatic rings. The van der Waals surface area contributed by atoms with Crippen LogP contribution in [0.4, 0.5) is 0 Å². The maximum absolute atomic E-state index is 11.0. The van der Waals surface area contributed by atoms with Gasteiger partial charge in [0.15, 0.2) is 0 Å². The van der Waals surface area contributed by atoms with Crippen molar-refractivity contribution in [2.24, 2.45) is 0 Å². The van der Waals surface area contributed by atoms with Crippen LogP contribution in [-0.4, -0.2) is 23.0 Å². The van der Waals surface area contributed by atoms with Gasteiger partial charge in [-0.2, -0.15) is 4.98 Å². The Bertz CT molecular complexity index is 561. The Morgan fingerprint density at radius 1 is 1.41 bits per heavy atom. The number of ketones is 1. The molecule has 0 spiro atoms. The second-order valence-corrected chi connectivity index (χ2v) is 3.66. The summed E-state index contributed by atoms with van der Waals surface area (Å²) in [6, 6.07) is 5.53. The Balaban J connectivity index is 2.39. The largest absolute Gasteiger partial charge is 0.496 e. The zero-order chi connectivity index (χ0) is 12.4. The van der Waals surface area contributed by atoms with E-state index in [9.17, 15) is 4.79 Å². The molecule has 0 aliphatic carbocycles. The third kappa shape index (κ3) is 2.18. The third-order valence-electron chi connectivity index (χ3n) is 2.38. The van der Waals surface area contributed by atoms with Gasteiger partial charge in [-0.25, -0.2) is 0 Å². The van der Waals surface area contributed by atoms with Crippen LogP contribution in [0, 0.1) is 6.92 Å². The lowest BCUT2D eigenvalue weighted by Gasteiger charge is -2.04. The molecule has 0 atom stereocenters. The topological polar surface area (TPSA) is 65.2 Å². The van der Waals surface area contributed by atoms with Gasteiger partial charge in [0, 0.05) is 12.5 Å². The maximum Gasteiger partial charge on any atom is 0.294 e. The molecule has 17 heavy (non-hydrogen) atoms. The maximum atomic E-state index is 11.0. The molecule has 0 aliphatic heterocycles. The van der Waals surface area contributed by atoms with E-state index in [2.05, 4.69) is 10.1 Å². The van der Waals surface area contributed by atoms with E-state index >= 15 is 0 Å². The SMILES string of the molecule is COc1ccc(-c2noc(C(C)=O)n2)cc1C. The van der Waals surface area contributed by atoms with Crippen LogP contribution in [0.25, 0.3) is 11.4 Å². The van der Waals surface area contributed by atoms with E-state index in [1.807, 2.05) is 25.1 Å². The number of aromatic nitrogens is 2. The highest BCUT2D eigenvalue weighted by molar-refractivity contribution is 5.89. The van der Waals surface area contributed by atoms with Crippen molar-refractivity contribution in [3.05, 3.63) is 29.7 Å². The fourth-order valence-electron chi connectivity index (χ4n) is 1.50. The molecule has 0 bridgehead atoms. The van der Waals surface area contributed by atoms with Gasteiger partial charge >= 0.3 is 0 Å². The molecule has 0 amide bonds. The van der Waals surface area contributed by atoms with Gasteiger partial charge in [0.2, 0.25) is 11.6 Å². The van der Waals surface area contributed by atoms with Gasteiger partial charge in [0.05, 0.1) is 7.11 Å². The third-order valence-corrected chi connectivity index (χ3v) is 2.38. The summed E-state index contributed by atoms with van der Waals surface area (Å²) in [5.74, 6) is 0.979. The van der Waals surface area contributed by atoms with Crippen LogP contribution in [0.2, 0.25) is 0 Å². The van der Waals surface area contributed by atoms with Crippen LogP contribution in [0.3, 0.4) is 0 Å². The number of hydrogen-bond donors (Lipinski definition) is 0. The summed E-state index contributed by atoms with van der Waals surface area (Å²) >= 11 is 0. The van der Waals surface area contributed by atoms with Crippen molar-refractivity contribution >= 4 is 5.78 Å². The molecule has 5 nitrogen and oxygen atoms in total. The highest BCUT2D eigenvalue weighted by Crippen LogP contribution is 2.24. The molecule has 1 heterocycles. The summed E-state index contributed by atoms with van der Waals surface area (Å²) < 4.78 is 10.00. The smallest absolute Gasteiger partial charge is 0.294 e. The standard InChI is InChI=1S/C12H12N2O3/c1-7-6-9(4-5-10(7)16-3)11-13-12(8(2)15)17-14-11/h4-6H,1-3H3. The van der Waals surface area contributed by atoms with Gasteiger partial charge in [-0.3, -0.25) is 4.79 Å². The predicted molar refractivity (Wildman–Crippen MR) is 61.0 cm³/mol. The minimum atomic E-state index is -0.242. The second-order valence-electron chi connectivity index (χ2n) is 3.66. The van der Waals surface area contributed by atoms with E-state index in [0.29, 0.717) is 5.82 Å². The van der Waals surface area contributed by atoms with Crippen LogP contribution < -0.4 is 4.74 Å². The van der Waals surface area contributed by atoms with Crippen molar-refractivity contribution in [3.8, 4) is 17.1 Å². The number of carbonyl (C=O) groups is 1. The lowest BCUT2D eigenvalue weighted by molar-refractivity contribution is 0.0972. The van der Waals surface area contributed by atoms with Gasteiger partial charge in [0.1, 0.15) is 5.75 Å². The number of rotatable bonds is 3. The second kappa shape index (κ2) is 4.37. The number of Topliss-reactive ketones (excluding diaryl/α,β-unsaturated/α-hetero) is 1. The summed E-state index contributed by atoms with van der Waals surface area (Å²) in [6.07, 6.45) is 0. The molecule has 0 saturated carbocycles. The van der Waals surface area contributed by atoms with E-state index in [4.69, 9.17) is 9.26 Å². The molecule has 0 fully saturated rings. The van der Waals surface area contributed by atoms with Crippen LogP contribution in [0.15, 0.2) is 22.7 Å². The minimum absolute atomic E-state index is 0.0217. The molecule has 2 rings (SSSR count). The molecule has 0 radical (unpaired) electrons. The number of benzene rings is 1. The Kier molecular flexibility index (Phi) is 2.91. The van der Waals surface area contributed by atoms with Gasteiger partial charge in [-0.15, -0.1) is 0 Å². The van der Waals surface area contributed by atoms with E-state index in [1.165, 1.54) is 6.92 Å². The van der Waals surface area contributed by atoms with Crippen molar-refractivity contribution in [2.45, 2.75) is 13.8 Å². The zero-order valence-corrected chi connectivity index (χ0v) is 9.85. The summed E-state index contributed by atoms with van der Waals surface area (Å²) in [4.78, 5) is 15.0. The van der Waals surface area contributed by atoms with E-state index < -0.39 is 0 Å². The number of nitrogens with zero attached hydrogens (tertiary/aromatic N) is 2. The average Bonchev–Trinajstić information content (AvgIpc) is 2.78. The van der Waals surface area contributed by atoms with Crippen LogP contribution >= 0.6 is 0 Å². The van der Waals surface area contributed by atoms with Crippen molar-refractivity contribution in [1.82, 2.24) is 10.1 Å². The lowest BCUT2D eigenvalue weighted by Crippen LogP contribution is -1.92. The Morgan fingerprint density at radius 3 is 2.71 bits per heavy atom. The molecule has 0 aliphatic rings. The zero-order valence-electron chi connectivity index (χ0n) is 9.85. The molecule has 1 aromatic heterocycles. The van der Waals surface area contributed by atoms with Gasteiger partial charge in [-0.1, -0.05) is 5.16 Å². The summed E-state index contributed by atoms with van der Waals surface area (Å²) in [5.41, 5.74) is 1.76. The van der Waals surface area contributed by atoms with Gasteiger partial charge in [-0.05, 0) is 30.7 Å². The molecule has 1 aromatic carbocycles. The minimum Gasteiger partial charge on any atom is -0.496 e. The summed E-state index contributed by atoms with van der Waals surface area (Å²) in [6.45, 7) is 3.31. The van der Waals surface area contributed by atoms with E-state index in [0.717, 1.165) is 16.9 Å². The number of aryl methyl sites for hydroxylation is 1. The molecule has 0 N–H and O–H groups in total. The first-order valence-electron chi connectivity index (χ1n) is 5.11. The normalized spacial score (nSPS) is 10.3. The summed E-state index contributed by atoms with van der Waals surface area (Å²) in [5, 5.41) is 3.76. The quantitative estimate of drug-likeness (QED) is 0.759. The average molecular weight is 232 g/mol. The van der Waals surface area contributed by atoms with Crippen LogP contribution in [-0.2, 0) is 0 Å². The first-order chi connectivity index (χ1) is 8.11. The monoisotopic (exact) mass is 232 g/mol. The molecule has 0 saturated heterocycles. The van der Waals surface area contributed by atoms with Crippen LogP contribution in [0.5, 0.6) is 5.75 Å². The number of ether oxygens (including phenoxy) is 1. The van der Waals surface area contributed by atoms with Crippen molar-refractivity contribution < 1.29 is 14.1 Å². The van der Waals surface area contributed by atoms with E-state index in [1.54, 1.807) is 7.11 Å². The number of methoxy groups -OCH3 is 1. The highest BCUT2D eigenvalue weighted by Gasteiger charge is 2.12. The van der Waals surface area contributed by atoms with Gasteiger partial charge < -0.3 is 9.26 Å². The first-order valence-corrected chi connectivity index (χ1v) is 5.11. The van der Waals surface area contributed by atoms with E-state index in [-0.39, 0.29) is 11.7 Å². The Labute approximate surface area is 98.4 Å². The fraction of sp³-hybridized carbons (Fsp3) is 0.250. The molecule has 88 valence electrons. The molecule has 0 unspecified atom stereocenters. The fourth-order valence-corrected chi connectivity index (χ4v) is 1.50. The van der Waals surface area contributed by atoms with Gasteiger partial charge in [0.25, 0.3) is 5.89 Å². The number of carbonyl (C=O) groups excluding carboxylic acids is 1. The number of hydrogen-bond acceptors (Lipinski definition) is 5. The molecular weight excluding hydrogens is 220 g/mol. The molecule has 5 heteroatoms. The van der Waals surface area contributed by atoms with Crippen molar-refractivity contribution in [3.63, 3.8) is 0 Å². The van der Waals surface area contributed by atoms with Crippen LogP contribution in [0.1, 0.15) is 23.2 Å². The highest BCUT2D eigenvalue weighted by atomic mass is 16.5. The summed E-state index contributed by atoms with van der Waals surface area (Å²) in [7, 11) is 1.62. The Morgan fingerprint density at radius 2 is 2.18 bits per heavy atom. The Hall–Kier alpha value is -2.17. The lowest BCUT2D eigenvalue weighted by atomic mass is 10.1. The van der Waals surface area contributed by atoms with Crippen molar-refractivity contribution in [2.75, 3.05) is 7.11 Å². The molecular formula is C12H12N2O3.